The van der Waals surface area contributed by atoms with Gasteiger partial charge in [0.05, 0.1) is 11.8 Å². The van der Waals surface area contributed by atoms with Gasteiger partial charge in [-0.2, -0.15) is 0 Å². The summed E-state index contributed by atoms with van der Waals surface area (Å²) in [6.07, 6.45) is 0.588. The molecule has 1 aliphatic rings. The molecule has 2 atom stereocenters. The Balaban J connectivity index is 1.83. The van der Waals surface area contributed by atoms with Crippen LogP contribution in [0.5, 0.6) is 0 Å². The summed E-state index contributed by atoms with van der Waals surface area (Å²) in [5, 5.41) is 6.90. The Kier molecular flexibility index (Phi) is 6.65. The molecule has 30 heavy (non-hydrogen) atoms. The number of oxime groups is 1. The number of carbonyl (C=O) groups excluding carboxylic acids is 2. The summed E-state index contributed by atoms with van der Waals surface area (Å²) in [6, 6.07) is 17.0. The van der Waals surface area contributed by atoms with E-state index in [1.54, 1.807) is 6.92 Å². The van der Waals surface area contributed by atoms with Crippen LogP contribution >= 0.6 is 0 Å². The summed E-state index contributed by atoms with van der Waals surface area (Å²) in [6.45, 7) is 4.36. The van der Waals surface area contributed by atoms with E-state index in [-0.39, 0.29) is 12.3 Å². The fourth-order valence-corrected chi connectivity index (χ4v) is 3.59. The monoisotopic (exact) mass is 410 g/mol. The fraction of sp³-hybridized carbons (Fsp3) is 0.375. The minimum Gasteiger partial charge on any atom is -0.378 e. The van der Waals surface area contributed by atoms with Crippen LogP contribution in [0, 0.1) is 5.92 Å². The topological polar surface area (TPSA) is 67.8 Å². The Hall–Kier alpha value is -3.02. The van der Waals surface area contributed by atoms with Gasteiger partial charge in [0.2, 0.25) is 5.60 Å². The number of rotatable bonds is 8. The van der Waals surface area contributed by atoms with Crippen LogP contribution in [-0.2, 0) is 14.4 Å². The highest BCUT2D eigenvalue weighted by atomic mass is 19.1. The van der Waals surface area contributed by atoms with Gasteiger partial charge in [0.25, 0.3) is 5.91 Å². The Morgan fingerprint density at radius 2 is 1.77 bits per heavy atom. The van der Waals surface area contributed by atoms with Gasteiger partial charge in [-0.3, -0.25) is 9.59 Å². The van der Waals surface area contributed by atoms with E-state index in [0.29, 0.717) is 12.1 Å². The first-order valence-corrected chi connectivity index (χ1v) is 10.2. The van der Waals surface area contributed by atoms with Crippen LogP contribution < -0.4 is 5.32 Å². The maximum absolute atomic E-state index is 13.1. The van der Waals surface area contributed by atoms with Crippen molar-refractivity contribution in [3.05, 3.63) is 60.2 Å². The van der Waals surface area contributed by atoms with Crippen molar-refractivity contribution >= 4 is 17.4 Å². The van der Waals surface area contributed by atoms with Crippen molar-refractivity contribution in [1.29, 1.82) is 0 Å². The Morgan fingerprint density at radius 3 is 2.40 bits per heavy atom. The molecule has 5 nitrogen and oxygen atoms in total. The Morgan fingerprint density at radius 1 is 1.10 bits per heavy atom. The predicted octanol–water partition coefficient (Wildman–Crippen LogP) is 4.31. The second-order valence-electron chi connectivity index (χ2n) is 7.83. The summed E-state index contributed by atoms with van der Waals surface area (Å²) >= 11 is 0. The smallest absolute Gasteiger partial charge is 0.268 e. The molecule has 2 aromatic carbocycles. The van der Waals surface area contributed by atoms with E-state index in [4.69, 9.17) is 4.84 Å². The molecule has 0 saturated heterocycles. The molecule has 0 bridgehead atoms. The second-order valence-corrected chi connectivity index (χ2v) is 7.83. The molecule has 6 heteroatoms. The van der Waals surface area contributed by atoms with Crippen LogP contribution in [0.4, 0.5) is 4.39 Å². The molecule has 0 aliphatic carbocycles. The van der Waals surface area contributed by atoms with Crippen molar-refractivity contribution in [2.45, 2.75) is 45.3 Å². The van der Waals surface area contributed by atoms with Crippen molar-refractivity contribution in [2.75, 3.05) is 6.67 Å². The normalized spacial score (nSPS) is 19.2. The number of carbonyl (C=O) groups is 2. The molecule has 2 unspecified atom stereocenters. The molecule has 0 radical (unpaired) electrons. The summed E-state index contributed by atoms with van der Waals surface area (Å²) in [4.78, 5) is 30.6. The van der Waals surface area contributed by atoms with Crippen molar-refractivity contribution in [3.63, 3.8) is 0 Å². The zero-order valence-electron chi connectivity index (χ0n) is 17.5. The number of ketones is 1. The van der Waals surface area contributed by atoms with Crippen LogP contribution in [0.15, 0.2) is 59.8 Å². The van der Waals surface area contributed by atoms with Crippen LogP contribution in [-0.4, -0.2) is 35.7 Å². The standard InChI is InChI=1S/C24H27FN2O3/c1-4-20(22(28)15-25)26-23(29)24(16(2)3)14-21(27-30-24)19-12-8-11-18(13-19)17-9-6-5-7-10-17/h5-13,16,20H,4,14-15H2,1-3H3,(H,26,29). The fourth-order valence-electron chi connectivity index (χ4n) is 3.59. The second kappa shape index (κ2) is 9.20. The van der Waals surface area contributed by atoms with E-state index in [1.807, 2.05) is 68.4 Å². The largest absolute Gasteiger partial charge is 0.378 e. The van der Waals surface area contributed by atoms with Gasteiger partial charge in [-0.05, 0) is 23.6 Å². The first-order valence-electron chi connectivity index (χ1n) is 10.2. The lowest BCUT2D eigenvalue weighted by Gasteiger charge is -2.30. The van der Waals surface area contributed by atoms with Crippen molar-refractivity contribution in [1.82, 2.24) is 5.32 Å². The van der Waals surface area contributed by atoms with Crippen molar-refractivity contribution in [3.8, 4) is 11.1 Å². The first kappa shape index (κ1) is 21.7. The molecule has 1 aliphatic heterocycles. The van der Waals surface area contributed by atoms with Crippen LogP contribution in [0.2, 0.25) is 0 Å². The van der Waals surface area contributed by atoms with Crippen LogP contribution in [0.3, 0.4) is 0 Å². The molecule has 0 aromatic heterocycles. The molecular weight excluding hydrogens is 383 g/mol. The summed E-state index contributed by atoms with van der Waals surface area (Å²) < 4.78 is 12.8. The number of hydrogen-bond acceptors (Lipinski definition) is 4. The third-order valence-electron chi connectivity index (χ3n) is 5.60. The van der Waals surface area contributed by atoms with Crippen LogP contribution in [0.25, 0.3) is 11.1 Å². The van der Waals surface area contributed by atoms with Gasteiger partial charge >= 0.3 is 0 Å². The predicted molar refractivity (Wildman–Crippen MR) is 115 cm³/mol. The molecule has 158 valence electrons. The van der Waals surface area contributed by atoms with Gasteiger partial charge in [-0.25, -0.2) is 4.39 Å². The number of benzene rings is 2. The zero-order valence-corrected chi connectivity index (χ0v) is 17.5. The molecule has 0 spiro atoms. The maximum atomic E-state index is 13.1. The summed E-state index contributed by atoms with van der Waals surface area (Å²) in [7, 11) is 0. The van der Waals surface area contributed by atoms with Crippen molar-refractivity contribution < 1.29 is 18.8 Å². The zero-order chi connectivity index (χ0) is 21.7. The average molecular weight is 410 g/mol. The third kappa shape index (κ3) is 4.27. The molecular formula is C24H27FN2O3. The molecule has 0 saturated carbocycles. The Bertz CT molecular complexity index is 942. The number of Topliss-reactive ketones (excluding diaryl/α,β-unsaturated/α-hetero) is 1. The number of halogens is 1. The highest BCUT2D eigenvalue weighted by molar-refractivity contribution is 6.06. The molecule has 0 fully saturated rings. The molecule has 3 rings (SSSR count). The van der Waals surface area contributed by atoms with Gasteiger partial charge < -0.3 is 10.2 Å². The van der Waals surface area contributed by atoms with Gasteiger partial charge in [0.1, 0.15) is 6.67 Å². The van der Waals surface area contributed by atoms with Crippen LogP contribution in [0.1, 0.15) is 39.2 Å². The minimum atomic E-state index is -1.23. The van der Waals surface area contributed by atoms with E-state index in [0.717, 1.165) is 16.7 Å². The molecule has 1 amide bonds. The first-order chi connectivity index (χ1) is 14.4. The van der Waals surface area contributed by atoms with Gasteiger partial charge in [-0.1, -0.05) is 74.5 Å². The molecule has 1 N–H and O–H groups in total. The molecule has 1 heterocycles. The number of nitrogens with zero attached hydrogens (tertiary/aromatic N) is 1. The summed E-state index contributed by atoms with van der Waals surface area (Å²) in [5.74, 6) is -1.28. The number of hydrogen-bond donors (Lipinski definition) is 1. The lowest BCUT2D eigenvalue weighted by molar-refractivity contribution is -0.151. The van der Waals surface area contributed by atoms with E-state index in [1.165, 1.54) is 0 Å². The lowest BCUT2D eigenvalue weighted by Crippen LogP contribution is -2.55. The lowest BCUT2D eigenvalue weighted by atomic mass is 9.83. The highest BCUT2D eigenvalue weighted by Gasteiger charge is 2.50. The SMILES string of the molecule is CCC(NC(=O)C1(C(C)C)CC(c2cccc(-c3ccccc3)c2)=NO1)C(=O)CF. The Labute approximate surface area is 176 Å². The quantitative estimate of drug-likeness (QED) is 0.705. The number of amides is 1. The summed E-state index contributed by atoms with van der Waals surface area (Å²) in [5.41, 5.74) is 2.44. The van der Waals surface area contributed by atoms with E-state index in [2.05, 4.69) is 10.5 Å². The average Bonchev–Trinajstić information content (AvgIpc) is 3.24. The minimum absolute atomic E-state index is 0.200. The van der Waals surface area contributed by atoms with Gasteiger partial charge in [-0.15, -0.1) is 0 Å². The van der Waals surface area contributed by atoms with E-state index >= 15 is 0 Å². The third-order valence-corrected chi connectivity index (χ3v) is 5.60. The van der Waals surface area contributed by atoms with E-state index in [9.17, 15) is 14.0 Å². The van der Waals surface area contributed by atoms with Gasteiger partial charge in [0, 0.05) is 17.9 Å². The van der Waals surface area contributed by atoms with E-state index < -0.39 is 30.0 Å². The van der Waals surface area contributed by atoms with Gasteiger partial charge in [0.15, 0.2) is 5.78 Å². The number of nitrogens with one attached hydrogen (secondary N) is 1. The number of alkyl halides is 1. The molecule has 2 aromatic rings. The highest BCUT2D eigenvalue weighted by Crippen LogP contribution is 2.35. The maximum Gasteiger partial charge on any atom is 0.268 e. The van der Waals surface area contributed by atoms with Crippen molar-refractivity contribution in [2.24, 2.45) is 11.1 Å².